The van der Waals surface area contributed by atoms with E-state index < -0.39 is 6.09 Å². The maximum absolute atomic E-state index is 12.6. The van der Waals surface area contributed by atoms with Crippen LogP contribution in [0.15, 0.2) is 66.3 Å². The van der Waals surface area contributed by atoms with Crippen LogP contribution in [0, 0.1) is 5.92 Å². The third-order valence-electron chi connectivity index (χ3n) is 5.77. The number of amides is 2. The SMILES string of the molecule is O=C(NCCc1ccccc1)O[C@@H]1/C=C/CC[C@H](C(=O)NCCC2=CCCC=C2)CC1. The van der Waals surface area contributed by atoms with E-state index in [4.69, 9.17) is 4.74 Å². The van der Waals surface area contributed by atoms with E-state index in [0.29, 0.717) is 19.5 Å². The minimum Gasteiger partial charge on any atom is -0.442 e. The smallest absolute Gasteiger partial charge is 0.407 e. The molecule has 5 nitrogen and oxygen atoms in total. The Morgan fingerprint density at radius 2 is 1.74 bits per heavy atom. The molecule has 166 valence electrons. The number of carbonyl (C=O) groups excluding carboxylic acids is 2. The van der Waals surface area contributed by atoms with Crippen LogP contribution >= 0.6 is 0 Å². The molecule has 0 aromatic heterocycles. The average Bonchev–Trinajstić information content (AvgIpc) is 2.77. The van der Waals surface area contributed by atoms with Crippen LogP contribution in [-0.4, -0.2) is 31.2 Å². The van der Waals surface area contributed by atoms with Crippen molar-refractivity contribution < 1.29 is 14.3 Å². The molecule has 0 fully saturated rings. The molecular formula is C26H34N2O3. The van der Waals surface area contributed by atoms with Crippen LogP contribution in [0.25, 0.3) is 0 Å². The first-order valence-corrected chi connectivity index (χ1v) is 11.5. The Hall–Kier alpha value is -2.82. The van der Waals surface area contributed by atoms with Gasteiger partial charge in [0.05, 0.1) is 0 Å². The number of hydrogen-bond acceptors (Lipinski definition) is 3. The Kier molecular flexibility index (Phi) is 9.42. The van der Waals surface area contributed by atoms with Gasteiger partial charge in [-0.25, -0.2) is 4.79 Å². The molecule has 1 aromatic rings. The third-order valence-corrected chi connectivity index (χ3v) is 5.77. The van der Waals surface area contributed by atoms with Gasteiger partial charge in [-0.1, -0.05) is 60.2 Å². The van der Waals surface area contributed by atoms with Gasteiger partial charge in [-0.05, 0) is 63.0 Å². The van der Waals surface area contributed by atoms with E-state index in [-0.39, 0.29) is 17.9 Å². The molecule has 2 atom stereocenters. The largest absolute Gasteiger partial charge is 0.442 e. The number of rotatable bonds is 8. The summed E-state index contributed by atoms with van der Waals surface area (Å²) >= 11 is 0. The molecule has 2 N–H and O–H groups in total. The zero-order chi connectivity index (χ0) is 21.7. The molecule has 2 aliphatic carbocycles. The fourth-order valence-electron chi connectivity index (χ4n) is 3.97. The Bertz CT molecular complexity index is 798. The Morgan fingerprint density at radius 3 is 2.55 bits per heavy atom. The Labute approximate surface area is 185 Å². The van der Waals surface area contributed by atoms with Gasteiger partial charge in [-0.2, -0.15) is 0 Å². The molecule has 0 saturated carbocycles. The summed E-state index contributed by atoms with van der Waals surface area (Å²) in [5.74, 6) is 0.0785. The molecule has 0 spiro atoms. The van der Waals surface area contributed by atoms with Crippen molar-refractivity contribution in [3.63, 3.8) is 0 Å². The zero-order valence-electron chi connectivity index (χ0n) is 18.2. The van der Waals surface area contributed by atoms with Crippen LogP contribution < -0.4 is 10.6 Å². The maximum atomic E-state index is 12.6. The number of nitrogens with one attached hydrogen (secondary N) is 2. The molecule has 0 radical (unpaired) electrons. The minimum absolute atomic E-state index is 0.0342. The third kappa shape index (κ3) is 8.44. The molecule has 2 amide bonds. The van der Waals surface area contributed by atoms with Gasteiger partial charge >= 0.3 is 6.09 Å². The van der Waals surface area contributed by atoms with Crippen molar-refractivity contribution in [3.05, 3.63) is 71.8 Å². The Balaban J connectivity index is 1.36. The van der Waals surface area contributed by atoms with E-state index in [0.717, 1.165) is 44.9 Å². The molecule has 0 aliphatic heterocycles. The summed E-state index contributed by atoms with van der Waals surface area (Å²) in [4.78, 5) is 24.8. The maximum Gasteiger partial charge on any atom is 0.407 e. The predicted octanol–water partition coefficient (Wildman–Crippen LogP) is 4.85. The lowest BCUT2D eigenvalue weighted by Gasteiger charge is -2.22. The standard InChI is InChI=1S/C26H34N2O3/c29-25(27-19-17-21-9-3-1-4-10-21)23-13-7-8-14-24(16-15-23)31-26(30)28-20-18-22-11-5-2-6-12-22/h2-3,5-6,8-12,14,23-24H,1,4,7,13,15-20H2,(H,27,29)(H,28,30)/b14-8+/t23-,24+/m0/s1. The first-order valence-electron chi connectivity index (χ1n) is 11.5. The fraction of sp³-hybridized carbons (Fsp3) is 0.462. The van der Waals surface area contributed by atoms with Gasteiger partial charge in [-0.15, -0.1) is 0 Å². The van der Waals surface area contributed by atoms with Gasteiger partial charge in [0.15, 0.2) is 0 Å². The quantitative estimate of drug-likeness (QED) is 0.588. The average molecular weight is 423 g/mol. The molecule has 3 rings (SSSR count). The van der Waals surface area contributed by atoms with Gasteiger partial charge in [0, 0.05) is 19.0 Å². The number of allylic oxidation sites excluding steroid dienone is 4. The van der Waals surface area contributed by atoms with Crippen molar-refractivity contribution in [1.82, 2.24) is 10.6 Å². The van der Waals surface area contributed by atoms with Gasteiger partial charge in [0.25, 0.3) is 0 Å². The van der Waals surface area contributed by atoms with E-state index >= 15 is 0 Å². The number of carbonyl (C=O) groups is 2. The second-order valence-corrected chi connectivity index (χ2v) is 8.19. The molecule has 0 saturated heterocycles. The summed E-state index contributed by atoms with van der Waals surface area (Å²) in [6.07, 6.45) is 16.8. The minimum atomic E-state index is -0.402. The number of alkyl carbamates (subject to hydrolysis) is 1. The summed E-state index contributed by atoms with van der Waals surface area (Å²) in [5.41, 5.74) is 2.48. The summed E-state index contributed by atoms with van der Waals surface area (Å²) in [5, 5.41) is 5.91. The number of ether oxygens (including phenoxy) is 1. The molecule has 2 aliphatic rings. The summed E-state index contributed by atoms with van der Waals surface area (Å²) < 4.78 is 5.57. The highest BCUT2D eigenvalue weighted by atomic mass is 16.6. The van der Waals surface area contributed by atoms with Gasteiger partial charge < -0.3 is 15.4 Å². The van der Waals surface area contributed by atoms with Crippen molar-refractivity contribution >= 4 is 12.0 Å². The van der Waals surface area contributed by atoms with Gasteiger partial charge in [-0.3, -0.25) is 4.79 Å². The van der Waals surface area contributed by atoms with Crippen LogP contribution in [-0.2, 0) is 16.0 Å². The molecule has 1 aromatic carbocycles. The van der Waals surface area contributed by atoms with E-state index in [1.807, 2.05) is 42.5 Å². The highest BCUT2D eigenvalue weighted by Gasteiger charge is 2.22. The van der Waals surface area contributed by atoms with Crippen LogP contribution in [0.2, 0.25) is 0 Å². The van der Waals surface area contributed by atoms with E-state index in [2.05, 4.69) is 28.9 Å². The highest BCUT2D eigenvalue weighted by Crippen LogP contribution is 2.21. The summed E-state index contributed by atoms with van der Waals surface area (Å²) in [6, 6.07) is 10.0. The lowest BCUT2D eigenvalue weighted by atomic mass is 9.92. The van der Waals surface area contributed by atoms with Crippen LogP contribution in [0.1, 0.15) is 50.5 Å². The second kappa shape index (κ2) is 12.8. The zero-order valence-corrected chi connectivity index (χ0v) is 18.2. The van der Waals surface area contributed by atoms with E-state index in [1.165, 1.54) is 11.1 Å². The van der Waals surface area contributed by atoms with Crippen molar-refractivity contribution in [2.45, 2.75) is 57.5 Å². The molecule has 0 unspecified atom stereocenters. The van der Waals surface area contributed by atoms with Crippen LogP contribution in [0.4, 0.5) is 4.79 Å². The molecule has 31 heavy (non-hydrogen) atoms. The first kappa shape index (κ1) is 22.9. The lowest BCUT2D eigenvalue weighted by molar-refractivity contribution is -0.125. The number of hydrogen-bond donors (Lipinski definition) is 2. The Morgan fingerprint density at radius 1 is 0.903 bits per heavy atom. The second-order valence-electron chi connectivity index (χ2n) is 8.19. The van der Waals surface area contributed by atoms with Crippen LogP contribution in [0.5, 0.6) is 0 Å². The molecule has 0 heterocycles. The van der Waals surface area contributed by atoms with Crippen molar-refractivity contribution in [3.8, 4) is 0 Å². The predicted molar refractivity (Wildman–Crippen MR) is 124 cm³/mol. The van der Waals surface area contributed by atoms with Gasteiger partial charge in [0.1, 0.15) is 6.10 Å². The van der Waals surface area contributed by atoms with Crippen molar-refractivity contribution in [1.29, 1.82) is 0 Å². The number of benzene rings is 1. The molecule has 0 bridgehead atoms. The lowest BCUT2D eigenvalue weighted by Crippen LogP contribution is -2.34. The molecular weight excluding hydrogens is 388 g/mol. The first-order chi connectivity index (χ1) is 15.2. The summed E-state index contributed by atoms with van der Waals surface area (Å²) in [6.45, 7) is 1.21. The monoisotopic (exact) mass is 422 g/mol. The highest BCUT2D eigenvalue weighted by molar-refractivity contribution is 5.78. The van der Waals surface area contributed by atoms with Crippen LogP contribution in [0.3, 0.4) is 0 Å². The topological polar surface area (TPSA) is 67.4 Å². The van der Waals surface area contributed by atoms with E-state index in [9.17, 15) is 9.59 Å². The van der Waals surface area contributed by atoms with Crippen molar-refractivity contribution in [2.24, 2.45) is 5.92 Å². The summed E-state index contributed by atoms with van der Waals surface area (Å²) in [7, 11) is 0. The normalized spacial score (nSPS) is 21.9. The molecule has 5 heteroatoms. The fourth-order valence-corrected chi connectivity index (χ4v) is 3.97. The van der Waals surface area contributed by atoms with E-state index in [1.54, 1.807) is 0 Å². The van der Waals surface area contributed by atoms with Crippen molar-refractivity contribution in [2.75, 3.05) is 13.1 Å². The van der Waals surface area contributed by atoms with Gasteiger partial charge in [0.2, 0.25) is 5.91 Å².